The van der Waals surface area contributed by atoms with Crippen LogP contribution in [0.5, 0.6) is 0 Å². The van der Waals surface area contributed by atoms with Gasteiger partial charge in [-0.3, -0.25) is 0 Å². The van der Waals surface area contributed by atoms with Crippen molar-refractivity contribution in [2.24, 2.45) is 5.73 Å². The Morgan fingerprint density at radius 2 is 2.40 bits per heavy atom. The maximum atomic E-state index is 10.5. The summed E-state index contributed by atoms with van der Waals surface area (Å²) in [7, 11) is 0. The zero-order valence-corrected chi connectivity index (χ0v) is 7.92. The van der Waals surface area contributed by atoms with Crippen molar-refractivity contribution in [1.82, 2.24) is 10.1 Å². The minimum atomic E-state index is -1.21. The van der Waals surface area contributed by atoms with Gasteiger partial charge in [0.15, 0.2) is 0 Å². The highest BCUT2D eigenvalue weighted by molar-refractivity contribution is 5.82. The second-order valence-corrected chi connectivity index (χ2v) is 3.32. The number of nitrogens with zero attached hydrogens (tertiary/aromatic N) is 2. The molecule has 0 bridgehead atoms. The predicted molar refractivity (Wildman–Crippen MR) is 47.2 cm³/mol. The van der Waals surface area contributed by atoms with Crippen LogP contribution in [0.15, 0.2) is 4.52 Å². The molecule has 0 aliphatic carbocycles. The van der Waals surface area contributed by atoms with Crippen molar-refractivity contribution < 1.29 is 19.2 Å². The topological polar surface area (TPSA) is 111 Å². The van der Waals surface area contributed by atoms with E-state index in [-0.39, 0.29) is 23.9 Å². The number of hydrogen-bond donors (Lipinski definition) is 2. The fraction of sp³-hybridized carbons (Fsp3) is 0.625. The molecule has 0 aromatic carbocycles. The first-order valence-corrected chi connectivity index (χ1v) is 4.63. The van der Waals surface area contributed by atoms with Crippen molar-refractivity contribution in [2.45, 2.75) is 25.0 Å². The van der Waals surface area contributed by atoms with E-state index in [4.69, 9.17) is 20.1 Å². The summed E-state index contributed by atoms with van der Waals surface area (Å²) in [6.45, 7) is 0.441. The normalized spacial score (nSPS) is 25.7. The van der Waals surface area contributed by atoms with Crippen LogP contribution in [0.1, 0.15) is 35.5 Å². The van der Waals surface area contributed by atoms with Gasteiger partial charge in [0.05, 0.1) is 6.10 Å². The number of carboxylic acid groups (broad SMARTS) is 1. The number of carbonyl (C=O) groups is 1. The van der Waals surface area contributed by atoms with Crippen molar-refractivity contribution in [3.63, 3.8) is 0 Å². The highest BCUT2D eigenvalue weighted by atomic mass is 16.5. The molecule has 0 spiro atoms. The highest BCUT2D eigenvalue weighted by Crippen LogP contribution is 2.31. The first-order chi connectivity index (χ1) is 7.20. The zero-order chi connectivity index (χ0) is 10.8. The Balaban J connectivity index is 2.07. The first-order valence-electron chi connectivity index (χ1n) is 4.63. The smallest absolute Gasteiger partial charge is 0.377 e. The lowest BCUT2D eigenvalue weighted by atomic mass is 10.2. The molecule has 1 aliphatic rings. The van der Waals surface area contributed by atoms with E-state index in [2.05, 4.69) is 10.1 Å². The molecule has 2 heterocycles. The molecule has 0 saturated carbocycles. The monoisotopic (exact) mass is 213 g/mol. The lowest BCUT2D eigenvalue weighted by molar-refractivity contribution is 0.0307. The maximum absolute atomic E-state index is 10.5. The van der Waals surface area contributed by atoms with Crippen molar-refractivity contribution in [1.29, 1.82) is 0 Å². The number of ether oxygens (including phenoxy) is 1. The predicted octanol–water partition coefficient (Wildman–Crippen LogP) is -0.0534. The van der Waals surface area contributed by atoms with E-state index in [1.54, 1.807) is 0 Å². The van der Waals surface area contributed by atoms with Crippen LogP contribution in [0, 0.1) is 0 Å². The minimum Gasteiger partial charge on any atom is -0.475 e. The second kappa shape index (κ2) is 3.95. The van der Waals surface area contributed by atoms with Crippen LogP contribution in [0.3, 0.4) is 0 Å². The van der Waals surface area contributed by atoms with Crippen molar-refractivity contribution in [2.75, 3.05) is 6.54 Å². The molecule has 1 aromatic rings. The van der Waals surface area contributed by atoms with Crippen molar-refractivity contribution in [3.05, 3.63) is 11.7 Å². The van der Waals surface area contributed by atoms with Gasteiger partial charge in [0.2, 0.25) is 0 Å². The molecule has 7 nitrogen and oxygen atoms in total. The molecule has 15 heavy (non-hydrogen) atoms. The standard InChI is InChI=1S/C8H11N3O4/c9-3-4-1-2-5(14-4)7-10-6(8(12)13)11-15-7/h4-5H,1-3,9H2,(H,12,13). The van der Waals surface area contributed by atoms with Crippen molar-refractivity contribution >= 4 is 5.97 Å². The Labute approximate surface area is 85.2 Å². The number of hydrogen-bond acceptors (Lipinski definition) is 6. The summed E-state index contributed by atoms with van der Waals surface area (Å²) in [5.41, 5.74) is 5.44. The number of aromatic carboxylic acids is 1. The summed E-state index contributed by atoms with van der Waals surface area (Å²) in [6.07, 6.45) is 1.23. The van der Waals surface area contributed by atoms with Crippen molar-refractivity contribution in [3.8, 4) is 0 Å². The second-order valence-electron chi connectivity index (χ2n) is 3.32. The number of nitrogens with two attached hydrogens (primary N) is 1. The SMILES string of the molecule is NCC1CCC(c2nc(C(=O)O)no2)O1. The summed E-state index contributed by atoms with van der Waals surface area (Å²) in [4.78, 5) is 14.2. The molecular weight excluding hydrogens is 202 g/mol. The van der Waals surface area contributed by atoms with E-state index in [1.165, 1.54) is 0 Å². The fourth-order valence-electron chi connectivity index (χ4n) is 1.51. The Morgan fingerprint density at radius 3 is 2.93 bits per heavy atom. The van der Waals surface area contributed by atoms with E-state index in [0.717, 1.165) is 12.8 Å². The third-order valence-electron chi connectivity index (χ3n) is 2.28. The molecule has 1 saturated heterocycles. The van der Waals surface area contributed by atoms with Crippen LogP contribution in [-0.4, -0.2) is 33.9 Å². The number of aromatic nitrogens is 2. The van der Waals surface area contributed by atoms with Gasteiger partial charge in [-0.05, 0) is 18.0 Å². The molecule has 1 fully saturated rings. The van der Waals surface area contributed by atoms with E-state index in [0.29, 0.717) is 6.54 Å². The summed E-state index contributed by atoms with van der Waals surface area (Å²) >= 11 is 0. The van der Waals surface area contributed by atoms with Gasteiger partial charge < -0.3 is 20.1 Å². The molecule has 2 unspecified atom stereocenters. The highest BCUT2D eigenvalue weighted by Gasteiger charge is 2.30. The van der Waals surface area contributed by atoms with Gasteiger partial charge in [0, 0.05) is 6.54 Å². The van der Waals surface area contributed by atoms with Crippen LogP contribution >= 0.6 is 0 Å². The molecule has 7 heteroatoms. The van der Waals surface area contributed by atoms with Gasteiger partial charge in [-0.1, -0.05) is 0 Å². The fourth-order valence-corrected chi connectivity index (χ4v) is 1.51. The van der Waals surface area contributed by atoms with Gasteiger partial charge in [0.1, 0.15) is 6.10 Å². The lowest BCUT2D eigenvalue weighted by Gasteiger charge is -2.07. The third-order valence-corrected chi connectivity index (χ3v) is 2.28. The molecule has 2 rings (SSSR count). The molecule has 0 radical (unpaired) electrons. The molecular formula is C8H11N3O4. The van der Waals surface area contributed by atoms with Gasteiger partial charge in [-0.15, -0.1) is 0 Å². The average Bonchev–Trinajstić information content (AvgIpc) is 2.86. The van der Waals surface area contributed by atoms with Gasteiger partial charge in [-0.25, -0.2) is 4.79 Å². The quantitative estimate of drug-likeness (QED) is 0.723. The van der Waals surface area contributed by atoms with Crippen LogP contribution < -0.4 is 5.73 Å². The molecule has 3 N–H and O–H groups in total. The number of carboxylic acids is 1. The first kappa shape index (κ1) is 10.1. The van der Waals surface area contributed by atoms with Crippen LogP contribution in [-0.2, 0) is 4.74 Å². The molecule has 1 aromatic heterocycles. The van der Waals surface area contributed by atoms with Gasteiger partial charge in [0.25, 0.3) is 11.7 Å². The summed E-state index contributed by atoms with van der Waals surface area (Å²) in [5.74, 6) is -1.34. The molecule has 0 amide bonds. The van der Waals surface area contributed by atoms with E-state index >= 15 is 0 Å². The molecule has 2 atom stereocenters. The van der Waals surface area contributed by atoms with E-state index in [1.807, 2.05) is 0 Å². The maximum Gasteiger partial charge on any atom is 0.377 e. The summed E-state index contributed by atoms with van der Waals surface area (Å²) < 4.78 is 10.3. The van der Waals surface area contributed by atoms with E-state index in [9.17, 15) is 4.79 Å². The van der Waals surface area contributed by atoms with Crippen LogP contribution in [0.2, 0.25) is 0 Å². The Bertz CT molecular complexity index is 365. The Kier molecular flexibility index (Phi) is 2.65. The Hall–Kier alpha value is -1.47. The summed E-state index contributed by atoms with van der Waals surface area (Å²) in [5, 5.41) is 11.9. The number of rotatable bonds is 3. The Morgan fingerprint density at radius 1 is 1.60 bits per heavy atom. The van der Waals surface area contributed by atoms with Gasteiger partial charge in [-0.2, -0.15) is 4.98 Å². The largest absolute Gasteiger partial charge is 0.475 e. The molecule has 82 valence electrons. The average molecular weight is 213 g/mol. The molecule has 1 aliphatic heterocycles. The third kappa shape index (κ3) is 1.97. The zero-order valence-electron chi connectivity index (χ0n) is 7.92. The van der Waals surface area contributed by atoms with E-state index < -0.39 is 5.97 Å². The minimum absolute atomic E-state index is 0.00446. The summed E-state index contributed by atoms with van der Waals surface area (Å²) in [6, 6.07) is 0. The lowest BCUT2D eigenvalue weighted by Crippen LogP contribution is -2.18. The van der Waals surface area contributed by atoms with Crippen LogP contribution in [0.25, 0.3) is 0 Å². The van der Waals surface area contributed by atoms with Gasteiger partial charge >= 0.3 is 5.97 Å². The van der Waals surface area contributed by atoms with Crippen LogP contribution in [0.4, 0.5) is 0 Å².